The third kappa shape index (κ3) is 3.54. The molecule has 0 radical (unpaired) electrons. The van der Waals surface area contributed by atoms with Gasteiger partial charge in [-0.15, -0.1) is 11.8 Å². The van der Waals surface area contributed by atoms with Crippen molar-refractivity contribution in [2.45, 2.75) is 24.4 Å². The molecule has 2 aromatic heterocycles. The van der Waals surface area contributed by atoms with E-state index in [9.17, 15) is 0 Å². The maximum absolute atomic E-state index is 4.86. The summed E-state index contributed by atoms with van der Waals surface area (Å²) in [4.78, 5) is 11.1. The van der Waals surface area contributed by atoms with E-state index in [1.54, 1.807) is 11.8 Å². The summed E-state index contributed by atoms with van der Waals surface area (Å²) in [5, 5.41) is 5.43. The second kappa shape index (κ2) is 6.97. The van der Waals surface area contributed by atoms with Crippen LogP contribution in [0.4, 0.5) is 5.13 Å². The number of nitrogens with zero attached hydrogens (tertiary/aromatic N) is 5. The standard InChI is InChI=1S/C18H23N5S2/c1-13-10-23(7-6-22(13)12-14-9-19-21(2)11-14)18-20-16-5-4-15(24-3)8-17(16)25-18/h4-5,8-9,11,13H,6-7,10,12H2,1-3H3. The van der Waals surface area contributed by atoms with Gasteiger partial charge in [-0.25, -0.2) is 4.98 Å². The molecule has 4 rings (SSSR count). The molecule has 1 aliphatic heterocycles. The van der Waals surface area contributed by atoms with Gasteiger partial charge in [-0.2, -0.15) is 5.10 Å². The summed E-state index contributed by atoms with van der Waals surface area (Å²) >= 11 is 3.60. The number of thiazole rings is 1. The first-order chi connectivity index (χ1) is 12.1. The minimum atomic E-state index is 0.503. The number of piperazine rings is 1. The summed E-state index contributed by atoms with van der Waals surface area (Å²) in [7, 11) is 1.97. The van der Waals surface area contributed by atoms with Gasteiger partial charge in [-0.3, -0.25) is 9.58 Å². The normalized spacial score (nSPS) is 19.0. The van der Waals surface area contributed by atoms with Crippen molar-refractivity contribution >= 4 is 38.4 Å². The highest BCUT2D eigenvalue weighted by Crippen LogP contribution is 2.32. The molecule has 0 bridgehead atoms. The van der Waals surface area contributed by atoms with E-state index in [0.29, 0.717) is 6.04 Å². The maximum atomic E-state index is 4.86. The molecule has 5 nitrogen and oxygen atoms in total. The minimum absolute atomic E-state index is 0.503. The third-order valence-electron chi connectivity index (χ3n) is 4.76. The molecule has 0 saturated carbocycles. The lowest BCUT2D eigenvalue weighted by Crippen LogP contribution is -2.51. The van der Waals surface area contributed by atoms with Crippen LogP contribution in [0.5, 0.6) is 0 Å². The first kappa shape index (κ1) is 16.9. The molecule has 1 aromatic carbocycles. The van der Waals surface area contributed by atoms with Gasteiger partial charge in [0.2, 0.25) is 0 Å². The number of aromatic nitrogens is 3. The zero-order chi connectivity index (χ0) is 17.4. The number of hydrogen-bond acceptors (Lipinski definition) is 6. The van der Waals surface area contributed by atoms with E-state index in [4.69, 9.17) is 4.98 Å². The average molecular weight is 374 g/mol. The van der Waals surface area contributed by atoms with E-state index in [-0.39, 0.29) is 0 Å². The summed E-state index contributed by atoms with van der Waals surface area (Å²) in [5.41, 5.74) is 2.40. The van der Waals surface area contributed by atoms with Gasteiger partial charge in [0.05, 0.1) is 16.4 Å². The number of aryl methyl sites for hydroxylation is 1. The van der Waals surface area contributed by atoms with Crippen molar-refractivity contribution in [3.8, 4) is 0 Å². The quantitative estimate of drug-likeness (QED) is 0.655. The SMILES string of the molecule is CSc1ccc2nc(N3CCN(Cc4cnn(C)c4)C(C)C3)sc2c1. The number of rotatable bonds is 4. The molecule has 1 saturated heterocycles. The third-order valence-corrected chi connectivity index (χ3v) is 6.57. The van der Waals surface area contributed by atoms with Gasteiger partial charge in [-0.1, -0.05) is 11.3 Å². The molecule has 1 unspecified atom stereocenters. The lowest BCUT2D eigenvalue weighted by molar-refractivity contribution is 0.181. The molecular weight excluding hydrogens is 350 g/mol. The average Bonchev–Trinajstić information content (AvgIpc) is 3.21. The molecule has 0 amide bonds. The monoisotopic (exact) mass is 373 g/mol. The lowest BCUT2D eigenvalue weighted by atomic mass is 10.2. The predicted molar refractivity (Wildman–Crippen MR) is 107 cm³/mol. The fourth-order valence-electron chi connectivity index (χ4n) is 3.35. The van der Waals surface area contributed by atoms with Crippen molar-refractivity contribution in [2.24, 2.45) is 7.05 Å². The van der Waals surface area contributed by atoms with Gasteiger partial charge < -0.3 is 4.90 Å². The Labute approximate surface area is 156 Å². The van der Waals surface area contributed by atoms with Crippen LogP contribution < -0.4 is 4.90 Å². The smallest absolute Gasteiger partial charge is 0.186 e. The zero-order valence-corrected chi connectivity index (χ0v) is 16.5. The Morgan fingerprint density at radius 3 is 2.92 bits per heavy atom. The first-order valence-electron chi connectivity index (χ1n) is 8.53. The maximum Gasteiger partial charge on any atom is 0.186 e. The highest BCUT2D eigenvalue weighted by atomic mass is 32.2. The number of fused-ring (bicyclic) bond motifs is 1. The molecule has 3 aromatic rings. The summed E-state index contributed by atoms with van der Waals surface area (Å²) in [6.07, 6.45) is 6.19. The molecule has 0 aliphatic carbocycles. The van der Waals surface area contributed by atoms with Gasteiger partial charge >= 0.3 is 0 Å². The fraction of sp³-hybridized carbons (Fsp3) is 0.444. The van der Waals surface area contributed by atoms with Gasteiger partial charge in [0.15, 0.2) is 5.13 Å². The van der Waals surface area contributed by atoms with Crippen LogP contribution in [0.1, 0.15) is 12.5 Å². The van der Waals surface area contributed by atoms with E-state index < -0.39 is 0 Å². The van der Waals surface area contributed by atoms with E-state index in [1.165, 1.54) is 15.2 Å². The lowest BCUT2D eigenvalue weighted by Gasteiger charge is -2.39. The molecular formula is C18H23N5S2. The largest absolute Gasteiger partial charge is 0.345 e. The summed E-state index contributed by atoms with van der Waals surface area (Å²) in [5.74, 6) is 0. The van der Waals surface area contributed by atoms with Crippen LogP contribution >= 0.6 is 23.1 Å². The van der Waals surface area contributed by atoms with Crippen LogP contribution in [0.3, 0.4) is 0 Å². The van der Waals surface area contributed by atoms with E-state index in [2.05, 4.69) is 52.5 Å². The van der Waals surface area contributed by atoms with Crippen molar-refractivity contribution in [1.82, 2.24) is 19.7 Å². The Balaban J connectivity index is 1.46. The van der Waals surface area contributed by atoms with Crippen molar-refractivity contribution in [2.75, 3.05) is 30.8 Å². The Kier molecular flexibility index (Phi) is 4.71. The Bertz CT molecular complexity index is 871. The van der Waals surface area contributed by atoms with Crippen molar-refractivity contribution < 1.29 is 0 Å². The van der Waals surface area contributed by atoms with Crippen molar-refractivity contribution in [1.29, 1.82) is 0 Å². The zero-order valence-electron chi connectivity index (χ0n) is 14.8. The highest BCUT2D eigenvalue weighted by Gasteiger charge is 2.25. The van der Waals surface area contributed by atoms with Gasteiger partial charge in [0.25, 0.3) is 0 Å². The molecule has 0 spiro atoms. The first-order valence-corrected chi connectivity index (χ1v) is 10.6. The van der Waals surface area contributed by atoms with Gasteiger partial charge in [0.1, 0.15) is 0 Å². The van der Waals surface area contributed by atoms with Crippen LogP contribution in [0, 0.1) is 0 Å². The fourth-order valence-corrected chi connectivity index (χ4v) is 4.90. The summed E-state index contributed by atoms with van der Waals surface area (Å²) < 4.78 is 3.16. The molecule has 1 aliphatic rings. The summed E-state index contributed by atoms with van der Waals surface area (Å²) in [6, 6.07) is 7.06. The molecule has 3 heterocycles. The molecule has 7 heteroatoms. The topological polar surface area (TPSA) is 37.2 Å². The Morgan fingerprint density at radius 2 is 2.20 bits per heavy atom. The van der Waals surface area contributed by atoms with E-state index >= 15 is 0 Å². The van der Waals surface area contributed by atoms with Gasteiger partial charge in [0, 0.05) is 55.9 Å². The Hall–Kier alpha value is -1.57. The van der Waals surface area contributed by atoms with Crippen molar-refractivity contribution in [3.63, 3.8) is 0 Å². The number of anilines is 1. The van der Waals surface area contributed by atoms with Crippen LogP contribution in [-0.4, -0.2) is 51.6 Å². The second-order valence-corrected chi connectivity index (χ2v) is 8.51. The number of benzene rings is 1. The second-order valence-electron chi connectivity index (χ2n) is 6.62. The number of hydrogen-bond donors (Lipinski definition) is 0. The number of thioether (sulfide) groups is 1. The van der Waals surface area contributed by atoms with Gasteiger partial charge in [-0.05, 0) is 31.4 Å². The molecule has 132 valence electrons. The van der Waals surface area contributed by atoms with Crippen molar-refractivity contribution in [3.05, 3.63) is 36.2 Å². The summed E-state index contributed by atoms with van der Waals surface area (Å²) in [6.45, 7) is 6.39. The highest BCUT2D eigenvalue weighted by molar-refractivity contribution is 7.98. The van der Waals surface area contributed by atoms with E-state index in [0.717, 1.165) is 36.8 Å². The molecule has 0 N–H and O–H groups in total. The van der Waals surface area contributed by atoms with E-state index in [1.807, 2.05) is 29.3 Å². The van der Waals surface area contributed by atoms with Crippen LogP contribution in [0.2, 0.25) is 0 Å². The molecule has 1 atom stereocenters. The minimum Gasteiger partial charge on any atom is -0.345 e. The van der Waals surface area contributed by atoms with Crippen LogP contribution in [0.15, 0.2) is 35.5 Å². The Morgan fingerprint density at radius 1 is 1.32 bits per heavy atom. The van der Waals surface area contributed by atoms with Crippen LogP contribution in [-0.2, 0) is 13.6 Å². The molecule has 25 heavy (non-hydrogen) atoms. The molecule has 1 fully saturated rings. The van der Waals surface area contributed by atoms with Crippen LogP contribution in [0.25, 0.3) is 10.2 Å². The predicted octanol–water partition coefficient (Wildman–Crippen LogP) is 3.46.